The summed E-state index contributed by atoms with van der Waals surface area (Å²) in [5, 5.41) is 9.24. The molecule has 0 aromatic heterocycles. The normalized spacial score (nSPS) is 8.83. The molecule has 12 heavy (non-hydrogen) atoms. The van der Waals surface area contributed by atoms with Crippen LogP contribution < -0.4 is 0 Å². The van der Waals surface area contributed by atoms with Crippen molar-refractivity contribution in [2.75, 3.05) is 0 Å². The molecule has 0 saturated heterocycles. The number of aldehydes is 1. The Bertz CT molecular complexity index is 272. The van der Waals surface area contributed by atoms with Gasteiger partial charge < -0.3 is 5.11 Å². The summed E-state index contributed by atoms with van der Waals surface area (Å²) in [5.41, 5.74) is 2.17. The Hall–Kier alpha value is -0.388. The summed E-state index contributed by atoms with van der Waals surface area (Å²) in [7, 11) is 0. The van der Waals surface area contributed by atoms with Crippen LogP contribution in [0.25, 0.3) is 0 Å². The predicted octanol–water partition coefficient (Wildman–Crippen LogP) is 0.905. The third-order valence-electron chi connectivity index (χ3n) is 1.63. The summed E-state index contributed by atoms with van der Waals surface area (Å²) in [6, 6.07) is 3.44. The molecular weight excluding hydrogens is 347 g/mol. The SMILES string of the molecule is Cc1cc(C)c(C=O)c(O)c1.[PbH2]. The Balaban J connectivity index is 0.00000121. The van der Waals surface area contributed by atoms with Crippen molar-refractivity contribution in [3.8, 4) is 5.75 Å². The molecule has 3 heteroatoms. The number of aryl methyl sites for hydroxylation is 2. The molecule has 0 fully saturated rings. The van der Waals surface area contributed by atoms with Crippen molar-refractivity contribution in [1.29, 1.82) is 0 Å². The molecule has 1 aromatic carbocycles. The Morgan fingerprint density at radius 3 is 2.33 bits per heavy atom. The maximum absolute atomic E-state index is 10.4. The second-order valence-corrected chi connectivity index (χ2v) is 2.63. The number of carbonyl (C=O) groups is 1. The number of aromatic hydroxyl groups is 1. The zero-order valence-corrected chi connectivity index (χ0v) is 12.8. The van der Waals surface area contributed by atoms with Gasteiger partial charge in [-0.2, -0.15) is 0 Å². The molecule has 2 radical (unpaired) electrons. The minimum absolute atomic E-state index is 0. The topological polar surface area (TPSA) is 37.3 Å². The maximum atomic E-state index is 10.4. The van der Waals surface area contributed by atoms with E-state index in [4.69, 9.17) is 0 Å². The molecule has 0 bridgehead atoms. The molecule has 2 nitrogen and oxygen atoms in total. The average molecular weight is 359 g/mol. The Labute approximate surface area is 91.8 Å². The molecule has 0 saturated carbocycles. The van der Waals surface area contributed by atoms with E-state index in [2.05, 4.69) is 0 Å². The number of benzene rings is 1. The van der Waals surface area contributed by atoms with Crippen molar-refractivity contribution in [2.24, 2.45) is 0 Å². The van der Waals surface area contributed by atoms with E-state index < -0.39 is 0 Å². The van der Waals surface area contributed by atoms with E-state index in [0.717, 1.165) is 11.1 Å². The van der Waals surface area contributed by atoms with Gasteiger partial charge in [0.05, 0.1) is 5.56 Å². The monoisotopic (exact) mass is 360 g/mol. The fourth-order valence-corrected chi connectivity index (χ4v) is 1.11. The zero-order chi connectivity index (χ0) is 8.43. The van der Waals surface area contributed by atoms with E-state index in [1.807, 2.05) is 13.0 Å². The quantitative estimate of drug-likeness (QED) is 0.598. The Kier molecular flexibility index (Phi) is 4.44. The molecule has 64 valence electrons. The Morgan fingerprint density at radius 2 is 1.92 bits per heavy atom. The fraction of sp³-hybridized carbons (Fsp3) is 0.222. The van der Waals surface area contributed by atoms with Crippen molar-refractivity contribution in [3.05, 3.63) is 28.8 Å². The third kappa shape index (κ3) is 2.30. The second kappa shape index (κ2) is 4.59. The van der Waals surface area contributed by atoms with Crippen LogP contribution in [0.4, 0.5) is 0 Å². The molecule has 0 aliphatic heterocycles. The van der Waals surface area contributed by atoms with E-state index in [1.165, 1.54) is 0 Å². The molecule has 0 heterocycles. The van der Waals surface area contributed by atoms with Crippen LogP contribution in [0.5, 0.6) is 5.75 Å². The molecule has 0 aliphatic carbocycles. The van der Waals surface area contributed by atoms with Crippen LogP contribution in [0.2, 0.25) is 0 Å². The number of carbonyl (C=O) groups excluding carboxylic acids is 1. The van der Waals surface area contributed by atoms with Gasteiger partial charge in [-0.25, -0.2) is 0 Å². The van der Waals surface area contributed by atoms with Crippen molar-refractivity contribution < 1.29 is 9.90 Å². The first-order valence-corrected chi connectivity index (χ1v) is 3.40. The summed E-state index contributed by atoms with van der Waals surface area (Å²) in [4.78, 5) is 10.4. The van der Waals surface area contributed by atoms with E-state index in [9.17, 15) is 9.90 Å². The predicted molar refractivity (Wildman–Crippen MR) is 51.5 cm³/mol. The summed E-state index contributed by atoms with van der Waals surface area (Å²) < 4.78 is 0. The fourth-order valence-electron chi connectivity index (χ4n) is 1.11. The van der Waals surface area contributed by atoms with Gasteiger partial charge in [-0.3, -0.25) is 4.79 Å². The molecular formula is C9H12O2Pb. The van der Waals surface area contributed by atoms with Gasteiger partial charge in [0.15, 0.2) is 6.29 Å². The minimum atomic E-state index is 0. The molecule has 1 N–H and O–H groups in total. The van der Waals surface area contributed by atoms with Gasteiger partial charge in [0, 0.05) is 0 Å². The zero-order valence-electron chi connectivity index (χ0n) is 7.29. The number of phenols is 1. The van der Waals surface area contributed by atoms with Crippen LogP contribution in [-0.4, -0.2) is 38.7 Å². The average Bonchev–Trinajstić information content (AvgIpc) is 1.85. The first-order valence-electron chi connectivity index (χ1n) is 3.40. The standard InChI is InChI=1S/C9H10O2.Pb.2H/c1-6-3-7(2)8(5-10)9(11)4-6;;;/h3-5,11H,1-2H3;;;. The van der Waals surface area contributed by atoms with Crippen molar-refractivity contribution in [1.82, 2.24) is 0 Å². The van der Waals surface area contributed by atoms with E-state index >= 15 is 0 Å². The third-order valence-corrected chi connectivity index (χ3v) is 1.63. The van der Waals surface area contributed by atoms with Gasteiger partial charge in [0.1, 0.15) is 5.75 Å². The van der Waals surface area contributed by atoms with Gasteiger partial charge in [0.25, 0.3) is 0 Å². The Morgan fingerprint density at radius 1 is 1.33 bits per heavy atom. The molecule has 1 aromatic rings. The van der Waals surface area contributed by atoms with Crippen molar-refractivity contribution in [2.45, 2.75) is 13.8 Å². The number of hydrogen-bond acceptors (Lipinski definition) is 2. The van der Waals surface area contributed by atoms with E-state index in [0.29, 0.717) is 11.8 Å². The van der Waals surface area contributed by atoms with E-state index in [1.54, 1.807) is 13.0 Å². The summed E-state index contributed by atoms with van der Waals surface area (Å²) in [5.74, 6) is 0.0671. The number of rotatable bonds is 1. The van der Waals surface area contributed by atoms with Gasteiger partial charge in [-0.05, 0) is 31.0 Å². The first kappa shape index (κ1) is 11.6. The van der Waals surface area contributed by atoms with Gasteiger partial charge in [-0.1, -0.05) is 6.07 Å². The van der Waals surface area contributed by atoms with E-state index in [-0.39, 0.29) is 33.0 Å². The van der Waals surface area contributed by atoms with Gasteiger partial charge >= 0.3 is 27.3 Å². The van der Waals surface area contributed by atoms with Crippen LogP contribution >= 0.6 is 0 Å². The van der Waals surface area contributed by atoms with Crippen LogP contribution in [0.3, 0.4) is 0 Å². The molecule has 0 unspecified atom stereocenters. The molecule has 0 atom stereocenters. The van der Waals surface area contributed by atoms with Crippen molar-refractivity contribution in [3.63, 3.8) is 0 Å². The van der Waals surface area contributed by atoms with Gasteiger partial charge in [0.2, 0.25) is 0 Å². The summed E-state index contributed by atoms with van der Waals surface area (Å²) in [6.45, 7) is 3.68. The molecule has 0 amide bonds. The van der Waals surface area contributed by atoms with Crippen LogP contribution in [0.1, 0.15) is 21.5 Å². The van der Waals surface area contributed by atoms with Crippen LogP contribution in [-0.2, 0) is 0 Å². The summed E-state index contributed by atoms with van der Waals surface area (Å²) in [6.07, 6.45) is 0.671. The van der Waals surface area contributed by atoms with Crippen molar-refractivity contribution >= 4 is 33.6 Å². The number of phenolic OH excluding ortho intramolecular Hbond substituents is 1. The first-order chi connectivity index (χ1) is 5.15. The molecule has 0 spiro atoms. The van der Waals surface area contributed by atoms with Crippen LogP contribution in [0, 0.1) is 13.8 Å². The summed E-state index contributed by atoms with van der Waals surface area (Å²) >= 11 is 0. The molecule has 1 rings (SSSR count). The van der Waals surface area contributed by atoms with Crippen LogP contribution in [0.15, 0.2) is 12.1 Å². The number of hydrogen-bond donors (Lipinski definition) is 1. The molecule has 0 aliphatic rings. The second-order valence-electron chi connectivity index (χ2n) is 2.63. The van der Waals surface area contributed by atoms with Gasteiger partial charge in [-0.15, -0.1) is 0 Å².